The van der Waals surface area contributed by atoms with E-state index in [1.54, 1.807) is 0 Å². The first-order chi connectivity index (χ1) is 8.26. The van der Waals surface area contributed by atoms with Crippen molar-refractivity contribution < 1.29 is 9.13 Å². The lowest BCUT2D eigenvalue weighted by atomic mass is 10.1. The normalized spacial score (nSPS) is 20.6. The summed E-state index contributed by atoms with van der Waals surface area (Å²) in [5.74, 6) is 0.718. The van der Waals surface area contributed by atoms with Crippen LogP contribution in [0.15, 0.2) is 12.3 Å². The van der Waals surface area contributed by atoms with Crippen molar-refractivity contribution in [1.82, 2.24) is 4.98 Å². The van der Waals surface area contributed by atoms with E-state index in [0.717, 1.165) is 24.3 Å². The summed E-state index contributed by atoms with van der Waals surface area (Å²) in [5, 5.41) is 0. The number of hydrogen-bond donors (Lipinski definition) is 0. The highest BCUT2D eigenvalue weighted by Gasteiger charge is 2.24. The quantitative estimate of drug-likeness (QED) is 0.780. The Labute approximate surface area is 106 Å². The van der Waals surface area contributed by atoms with Crippen LogP contribution in [0.5, 0.6) is 0 Å². The zero-order valence-electron chi connectivity index (χ0n) is 9.83. The predicted molar refractivity (Wildman–Crippen MR) is 66.0 cm³/mol. The second-order valence-electron chi connectivity index (χ2n) is 4.10. The van der Waals surface area contributed by atoms with Crippen LogP contribution in [0.2, 0.25) is 0 Å². The Hall–Kier alpha value is -0.870. The minimum absolute atomic E-state index is 0.272. The van der Waals surface area contributed by atoms with E-state index in [1.165, 1.54) is 12.3 Å². The fourth-order valence-electron chi connectivity index (χ4n) is 2.10. The van der Waals surface area contributed by atoms with Crippen molar-refractivity contribution in [2.24, 2.45) is 0 Å². The molecule has 0 aliphatic carbocycles. The Morgan fingerprint density at radius 3 is 3.18 bits per heavy atom. The molecule has 1 aliphatic heterocycles. The molecule has 0 N–H and O–H groups in total. The van der Waals surface area contributed by atoms with E-state index in [0.29, 0.717) is 19.3 Å². The molecule has 0 radical (unpaired) electrons. The summed E-state index contributed by atoms with van der Waals surface area (Å²) in [4.78, 5) is 6.35. The summed E-state index contributed by atoms with van der Waals surface area (Å²) in [5.41, 5.74) is 0.743. The number of alkyl halides is 1. The van der Waals surface area contributed by atoms with Crippen LogP contribution in [0.25, 0.3) is 0 Å². The summed E-state index contributed by atoms with van der Waals surface area (Å²) < 4.78 is 18.6. The number of pyridine rings is 1. The number of nitrogens with zero attached hydrogens (tertiary/aromatic N) is 2. The molecule has 1 aromatic rings. The Bertz CT molecular complexity index is 389. The van der Waals surface area contributed by atoms with Gasteiger partial charge in [-0.25, -0.2) is 9.37 Å². The fraction of sp³-hybridized carbons (Fsp3) is 0.583. The summed E-state index contributed by atoms with van der Waals surface area (Å²) in [6.07, 6.45) is 2.22. The lowest BCUT2D eigenvalue weighted by molar-refractivity contribution is 0.0925. The number of morpholine rings is 1. The van der Waals surface area contributed by atoms with Gasteiger partial charge in [-0.15, -0.1) is 11.6 Å². The summed E-state index contributed by atoms with van der Waals surface area (Å²) in [7, 11) is 0. The molecule has 1 aromatic heterocycles. The molecule has 1 atom stereocenters. The monoisotopic (exact) mass is 258 g/mol. The molecule has 1 saturated heterocycles. The SMILES string of the molecule is CCC1COCCN1c1ncc(F)cc1CCl. The molecule has 0 saturated carbocycles. The van der Waals surface area contributed by atoms with Gasteiger partial charge in [-0.1, -0.05) is 6.92 Å². The standard InChI is InChI=1S/C12H16ClFN2O/c1-2-11-8-17-4-3-16(11)12-9(6-13)5-10(14)7-15-12/h5,7,11H,2-4,6,8H2,1H3. The van der Waals surface area contributed by atoms with E-state index < -0.39 is 0 Å². The second-order valence-corrected chi connectivity index (χ2v) is 4.37. The first-order valence-corrected chi connectivity index (χ1v) is 6.34. The van der Waals surface area contributed by atoms with Crippen LogP contribution in [-0.4, -0.2) is 30.8 Å². The zero-order valence-corrected chi connectivity index (χ0v) is 10.6. The Morgan fingerprint density at radius 2 is 2.47 bits per heavy atom. The molecular formula is C12H16ClFN2O. The molecule has 17 heavy (non-hydrogen) atoms. The van der Waals surface area contributed by atoms with Gasteiger partial charge >= 0.3 is 0 Å². The van der Waals surface area contributed by atoms with Crippen LogP contribution in [0.4, 0.5) is 10.2 Å². The van der Waals surface area contributed by atoms with Crippen molar-refractivity contribution in [2.75, 3.05) is 24.7 Å². The summed E-state index contributed by atoms with van der Waals surface area (Å²) >= 11 is 5.85. The van der Waals surface area contributed by atoms with Crippen molar-refractivity contribution in [1.29, 1.82) is 0 Å². The minimum atomic E-state index is -0.342. The second kappa shape index (κ2) is 5.65. The lowest BCUT2D eigenvalue weighted by Gasteiger charge is -2.36. The van der Waals surface area contributed by atoms with Crippen molar-refractivity contribution in [3.05, 3.63) is 23.6 Å². The molecule has 0 aromatic carbocycles. The van der Waals surface area contributed by atoms with Gasteiger partial charge in [0.25, 0.3) is 0 Å². The minimum Gasteiger partial charge on any atom is -0.377 e. The Kier molecular flexibility index (Phi) is 4.18. The Morgan fingerprint density at radius 1 is 1.65 bits per heavy atom. The molecule has 5 heteroatoms. The van der Waals surface area contributed by atoms with Crippen molar-refractivity contribution in [3.63, 3.8) is 0 Å². The third-order valence-corrected chi connectivity index (χ3v) is 3.31. The molecule has 0 spiro atoms. The van der Waals surface area contributed by atoms with Crippen LogP contribution < -0.4 is 4.90 Å². The van der Waals surface area contributed by atoms with E-state index in [-0.39, 0.29) is 11.7 Å². The third kappa shape index (κ3) is 2.69. The van der Waals surface area contributed by atoms with E-state index in [2.05, 4.69) is 16.8 Å². The van der Waals surface area contributed by atoms with Gasteiger partial charge in [-0.2, -0.15) is 0 Å². The van der Waals surface area contributed by atoms with Gasteiger partial charge in [0.1, 0.15) is 11.6 Å². The van der Waals surface area contributed by atoms with Gasteiger partial charge in [0.15, 0.2) is 0 Å². The van der Waals surface area contributed by atoms with Crippen molar-refractivity contribution >= 4 is 17.4 Å². The fourth-order valence-corrected chi connectivity index (χ4v) is 2.30. The highest BCUT2D eigenvalue weighted by atomic mass is 35.5. The van der Waals surface area contributed by atoms with Gasteiger partial charge in [-0.3, -0.25) is 0 Å². The molecule has 3 nitrogen and oxygen atoms in total. The number of halogens is 2. The number of rotatable bonds is 3. The van der Waals surface area contributed by atoms with Gasteiger partial charge in [0, 0.05) is 12.1 Å². The predicted octanol–water partition coefficient (Wildman–Crippen LogP) is 2.57. The highest BCUT2D eigenvalue weighted by molar-refractivity contribution is 6.17. The molecule has 1 fully saturated rings. The van der Waals surface area contributed by atoms with Gasteiger partial charge in [0.2, 0.25) is 0 Å². The number of hydrogen-bond acceptors (Lipinski definition) is 3. The van der Waals surface area contributed by atoms with Crippen LogP contribution in [0.1, 0.15) is 18.9 Å². The van der Waals surface area contributed by atoms with Crippen LogP contribution in [0, 0.1) is 5.82 Å². The molecular weight excluding hydrogens is 243 g/mol. The number of anilines is 1. The molecule has 94 valence electrons. The third-order valence-electron chi connectivity index (χ3n) is 3.02. The molecule has 2 heterocycles. The van der Waals surface area contributed by atoms with Gasteiger partial charge in [-0.05, 0) is 12.5 Å². The molecule has 2 rings (SSSR count). The molecule has 1 unspecified atom stereocenters. The van der Waals surface area contributed by atoms with Gasteiger partial charge in [0.05, 0.1) is 31.3 Å². The maximum atomic E-state index is 13.1. The lowest BCUT2D eigenvalue weighted by Crippen LogP contribution is -2.46. The van der Waals surface area contributed by atoms with Crippen LogP contribution in [0.3, 0.4) is 0 Å². The van der Waals surface area contributed by atoms with Crippen LogP contribution in [-0.2, 0) is 10.6 Å². The largest absolute Gasteiger partial charge is 0.377 e. The number of aromatic nitrogens is 1. The van der Waals surface area contributed by atoms with E-state index >= 15 is 0 Å². The van der Waals surface area contributed by atoms with E-state index in [1.807, 2.05) is 0 Å². The van der Waals surface area contributed by atoms with Crippen molar-refractivity contribution in [3.8, 4) is 0 Å². The van der Waals surface area contributed by atoms with Crippen LogP contribution >= 0.6 is 11.6 Å². The molecule has 1 aliphatic rings. The first-order valence-electron chi connectivity index (χ1n) is 5.81. The number of ether oxygens (including phenoxy) is 1. The topological polar surface area (TPSA) is 25.4 Å². The average molecular weight is 259 g/mol. The summed E-state index contributed by atoms with van der Waals surface area (Å²) in [6, 6.07) is 1.75. The Balaban J connectivity index is 2.30. The smallest absolute Gasteiger partial charge is 0.141 e. The first kappa shape index (κ1) is 12.6. The van der Waals surface area contributed by atoms with E-state index in [9.17, 15) is 4.39 Å². The maximum absolute atomic E-state index is 13.1. The van der Waals surface area contributed by atoms with E-state index in [4.69, 9.17) is 16.3 Å². The van der Waals surface area contributed by atoms with Crippen molar-refractivity contribution in [2.45, 2.75) is 25.3 Å². The molecule has 0 amide bonds. The van der Waals surface area contributed by atoms with Gasteiger partial charge < -0.3 is 9.64 Å². The average Bonchev–Trinajstić information content (AvgIpc) is 2.38. The molecule has 0 bridgehead atoms. The zero-order chi connectivity index (χ0) is 12.3. The summed E-state index contributed by atoms with van der Waals surface area (Å²) in [6.45, 7) is 4.26. The highest BCUT2D eigenvalue weighted by Crippen LogP contribution is 2.25. The maximum Gasteiger partial charge on any atom is 0.141 e.